The highest BCUT2D eigenvalue weighted by Gasteiger charge is 2.27. The Balaban J connectivity index is 1.45. The van der Waals surface area contributed by atoms with Gasteiger partial charge in [-0.15, -0.1) is 0 Å². The molecule has 0 aliphatic carbocycles. The third-order valence-corrected chi connectivity index (χ3v) is 4.59. The Bertz CT molecular complexity index is 1080. The lowest BCUT2D eigenvalue weighted by molar-refractivity contribution is -0.130. The minimum atomic E-state index is -0.786. The molecule has 3 aromatic rings. The van der Waals surface area contributed by atoms with Crippen LogP contribution in [0.5, 0.6) is 11.5 Å². The maximum Gasteiger partial charge on any atom is 0.284 e. The van der Waals surface area contributed by atoms with Gasteiger partial charge in [-0.3, -0.25) is 4.79 Å². The Morgan fingerprint density at radius 3 is 2.69 bits per heavy atom. The summed E-state index contributed by atoms with van der Waals surface area (Å²) in [5, 5.41) is 8.51. The van der Waals surface area contributed by atoms with E-state index in [0.29, 0.717) is 11.5 Å². The molecule has 2 heterocycles. The van der Waals surface area contributed by atoms with Crippen molar-refractivity contribution in [3.8, 4) is 17.2 Å². The summed E-state index contributed by atoms with van der Waals surface area (Å²) < 4.78 is 26.1. The van der Waals surface area contributed by atoms with E-state index in [1.165, 1.54) is 18.3 Å². The summed E-state index contributed by atoms with van der Waals surface area (Å²) in [6.07, 6.45) is 0.749. The standard InChI is InChI=1S/C21H19FN4O3/c1-13-17(14(2)26(25-13)16-9-7-15(22)8-10-16)11-23-24-21(27)20-12-28-18-5-3-4-6-19(18)29-20/h3-11,20H,12H2,1-2H3,(H,24,27)/b23-11-/t20-/m0/s1. The van der Waals surface area contributed by atoms with E-state index in [4.69, 9.17) is 9.47 Å². The van der Waals surface area contributed by atoms with Crippen LogP contribution in [-0.2, 0) is 4.79 Å². The van der Waals surface area contributed by atoms with E-state index >= 15 is 0 Å². The Kier molecular flexibility index (Phi) is 4.99. The summed E-state index contributed by atoms with van der Waals surface area (Å²) in [7, 11) is 0. The number of benzene rings is 2. The van der Waals surface area contributed by atoms with Gasteiger partial charge >= 0.3 is 0 Å². The highest BCUT2D eigenvalue weighted by atomic mass is 19.1. The number of halogens is 1. The molecule has 0 unspecified atom stereocenters. The van der Waals surface area contributed by atoms with E-state index < -0.39 is 12.0 Å². The number of carbonyl (C=O) groups is 1. The largest absolute Gasteiger partial charge is 0.485 e. The summed E-state index contributed by atoms with van der Waals surface area (Å²) in [5.74, 6) is 0.419. The van der Waals surface area contributed by atoms with Crippen LogP contribution in [0.15, 0.2) is 53.6 Å². The number of hydrogen-bond acceptors (Lipinski definition) is 5. The predicted octanol–water partition coefficient (Wildman–Crippen LogP) is 2.92. The van der Waals surface area contributed by atoms with Crippen molar-refractivity contribution in [2.45, 2.75) is 20.0 Å². The second-order valence-corrected chi connectivity index (χ2v) is 6.57. The Morgan fingerprint density at radius 2 is 1.93 bits per heavy atom. The van der Waals surface area contributed by atoms with Crippen molar-refractivity contribution in [1.29, 1.82) is 0 Å². The molecule has 0 fully saturated rings. The number of fused-ring (bicyclic) bond motifs is 1. The average Bonchev–Trinajstić information content (AvgIpc) is 3.02. The van der Waals surface area contributed by atoms with Crippen molar-refractivity contribution >= 4 is 12.1 Å². The second-order valence-electron chi connectivity index (χ2n) is 6.57. The second kappa shape index (κ2) is 7.75. The van der Waals surface area contributed by atoms with E-state index in [-0.39, 0.29) is 12.4 Å². The normalized spacial score (nSPS) is 15.5. The monoisotopic (exact) mass is 394 g/mol. The van der Waals surface area contributed by atoms with Gasteiger partial charge in [-0.1, -0.05) is 12.1 Å². The van der Waals surface area contributed by atoms with Crippen molar-refractivity contribution in [2.75, 3.05) is 6.61 Å². The summed E-state index contributed by atoms with van der Waals surface area (Å²) in [6.45, 7) is 3.83. The number of amides is 1. The molecule has 7 nitrogen and oxygen atoms in total. The Morgan fingerprint density at radius 1 is 1.21 bits per heavy atom. The van der Waals surface area contributed by atoms with Crippen LogP contribution in [-0.4, -0.2) is 34.6 Å². The van der Waals surface area contributed by atoms with Crippen LogP contribution in [0.4, 0.5) is 4.39 Å². The first-order valence-electron chi connectivity index (χ1n) is 9.06. The van der Waals surface area contributed by atoms with E-state index in [0.717, 1.165) is 22.6 Å². The number of aromatic nitrogens is 2. The van der Waals surface area contributed by atoms with E-state index in [1.54, 1.807) is 28.9 Å². The summed E-state index contributed by atoms with van der Waals surface area (Å²) in [5.41, 5.74) is 5.53. The third-order valence-electron chi connectivity index (χ3n) is 4.59. The molecule has 1 aliphatic heterocycles. The van der Waals surface area contributed by atoms with Crippen molar-refractivity contribution in [3.05, 3.63) is 71.3 Å². The quantitative estimate of drug-likeness (QED) is 0.545. The molecule has 8 heteroatoms. The molecule has 0 radical (unpaired) electrons. The van der Waals surface area contributed by atoms with Gasteiger partial charge in [0.25, 0.3) is 5.91 Å². The predicted molar refractivity (Wildman–Crippen MR) is 105 cm³/mol. The lowest BCUT2D eigenvalue weighted by Crippen LogP contribution is -2.42. The van der Waals surface area contributed by atoms with Gasteiger partial charge in [-0.05, 0) is 50.2 Å². The number of para-hydroxylation sites is 2. The zero-order valence-corrected chi connectivity index (χ0v) is 15.9. The summed E-state index contributed by atoms with van der Waals surface area (Å²) in [6, 6.07) is 13.2. The van der Waals surface area contributed by atoms with Gasteiger partial charge < -0.3 is 9.47 Å². The summed E-state index contributed by atoms with van der Waals surface area (Å²) >= 11 is 0. The SMILES string of the molecule is Cc1nn(-c2ccc(F)cc2)c(C)c1/C=N\NC(=O)[C@@H]1COc2ccccc2O1. The van der Waals surface area contributed by atoms with E-state index in [2.05, 4.69) is 15.6 Å². The maximum absolute atomic E-state index is 13.2. The molecule has 0 saturated heterocycles. The number of nitrogens with one attached hydrogen (secondary N) is 1. The minimum absolute atomic E-state index is 0.110. The molecular formula is C21H19FN4O3. The fourth-order valence-corrected chi connectivity index (χ4v) is 3.06. The number of hydrazone groups is 1. The number of carbonyl (C=O) groups excluding carboxylic acids is 1. The van der Waals surface area contributed by atoms with Gasteiger partial charge in [0.15, 0.2) is 11.5 Å². The Labute approximate surface area is 166 Å². The molecule has 0 saturated carbocycles. The highest BCUT2D eigenvalue weighted by molar-refractivity contribution is 5.86. The molecule has 29 heavy (non-hydrogen) atoms. The molecule has 1 aliphatic rings. The number of ether oxygens (including phenoxy) is 2. The van der Waals surface area contributed by atoms with Crippen molar-refractivity contribution in [1.82, 2.24) is 15.2 Å². The highest BCUT2D eigenvalue weighted by Crippen LogP contribution is 2.30. The first kappa shape index (κ1) is 18.7. The van der Waals surface area contributed by atoms with Crippen molar-refractivity contribution in [3.63, 3.8) is 0 Å². The van der Waals surface area contributed by atoms with Crippen LogP contribution in [0.2, 0.25) is 0 Å². The number of hydrogen-bond donors (Lipinski definition) is 1. The molecular weight excluding hydrogens is 375 g/mol. The van der Waals surface area contributed by atoms with Gasteiger partial charge in [0.1, 0.15) is 12.4 Å². The smallest absolute Gasteiger partial charge is 0.284 e. The molecule has 1 amide bonds. The van der Waals surface area contributed by atoms with Gasteiger partial charge in [0, 0.05) is 5.56 Å². The zero-order chi connectivity index (χ0) is 20.4. The summed E-state index contributed by atoms with van der Waals surface area (Å²) in [4.78, 5) is 12.3. The van der Waals surface area contributed by atoms with Crippen LogP contribution in [0.3, 0.4) is 0 Å². The topological polar surface area (TPSA) is 77.7 Å². The average molecular weight is 394 g/mol. The third kappa shape index (κ3) is 3.82. The van der Waals surface area contributed by atoms with E-state index in [9.17, 15) is 9.18 Å². The van der Waals surface area contributed by atoms with Crippen LogP contribution in [0.25, 0.3) is 5.69 Å². The molecule has 1 N–H and O–H groups in total. The number of rotatable bonds is 4. The van der Waals surface area contributed by atoms with Crippen LogP contribution in [0, 0.1) is 19.7 Å². The van der Waals surface area contributed by atoms with E-state index in [1.807, 2.05) is 26.0 Å². The molecule has 0 bridgehead atoms. The maximum atomic E-state index is 13.2. The number of aryl methyl sites for hydroxylation is 1. The van der Waals surface area contributed by atoms with Crippen molar-refractivity contribution < 1.29 is 18.7 Å². The van der Waals surface area contributed by atoms with Crippen LogP contribution in [0.1, 0.15) is 17.0 Å². The van der Waals surface area contributed by atoms with Gasteiger partial charge in [-0.25, -0.2) is 14.5 Å². The molecule has 4 rings (SSSR count). The lowest BCUT2D eigenvalue weighted by atomic mass is 10.2. The van der Waals surface area contributed by atoms with Gasteiger partial charge in [0.05, 0.1) is 23.3 Å². The minimum Gasteiger partial charge on any atom is -0.485 e. The zero-order valence-electron chi connectivity index (χ0n) is 15.9. The molecule has 1 atom stereocenters. The van der Waals surface area contributed by atoms with Crippen LogP contribution < -0.4 is 14.9 Å². The van der Waals surface area contributed by atoms with Gasteiger partial charge in [0.2, 0.25) is 6.10 Å². The molecule has 1 aromatic heterocycles. The Hall–Kier alpha value is -3.68. The number of nitrogens with zero attached hydrogens (tertiary/aromatic N) is 3. The van der Waals surface area contributed by atoms with Crippen LogP contribution >= 0.6 is 0 Å². The molecule has 0 spiro atoms. The van der Waals surface area contributed by atoms with Crippen molar-refractivity contribution in [2.24, 2.45) is 5.10 Å². The first-order chi connectivity index (χ1) is 14.0. The fourth-order valence-electron chi connectivity index (χ4n) is 3.06. The fraction of sp³-hybridized carbons (Fsp3) is 0.190. The molecule has 148 valence electrons. The van der Waals surface area contributed by atoms with Gasteiger partial charge in [-0.2, -0.15) is 10.2 Å². The molecule has 2 aromatic carbocycles. The lowest BCUT2D eigenvalue weighted by Gasteiger charge is -2.24. The first-order valence-corrected chi connectivity index (χ1v) is 9.06.